The third-order valence-corrected chi connectivity index (χ3v) is 4.02. The van der Waals surface area contributed by atoms with E-state index in [0.717, 1.165) is 24.3 Å². The average Bonchev–Trinajstić information content (AvgIpc) is 2.93. The molecule has 102 valence electrons. The summed E-state index contributed by atoms with van der Waals surface area (Å²) in [4.78, 5) is 14.8. The van der Waals surface area contributed by atoms with Crippen LogP contribution in [0.3, 0.4) is 0 Å². The molecule has 0 fully saturated rings. The van der Waals surface area contributed by atoms with Gasteiger partial charge in [-0.2, -0.15) is 5.10 Å². The van der Waals surface area contributed by atoms with Gasteiger partial charge in [0.15, 0.2) is 6.29 Å². The van der Waals surface area contributed by atoms with E-state index in [9.17, 15) is 4.79 Å². The molecule has 0 aliphatic heterocycles. The molecule has 0 aliphatic rings. The van der Waals surface area contributed by atoms with Crippen LogP contribution in [0.1, 0.15) is 34.8 Å². The summed E-state index contributed by atoms with van der Waals surface area (Å²) in [6.45, 7) is 6.93. The molecule has 5 heteroatoms. The molecule has 0 bridgehead atoms. The van der Waals surface area contributed by atoms with Crippen molar-refractivity contribution in [3.63, 3.8) is 0 Å². The number of hydrogen-bond donors (Lipinski definition) is 0. The molecule has 0 saturated carbocycles. The van der Waals surface area contributed by atoms with Gasteiger partial charge in [-0.05, 0) is 32.2 Å². The van der Waals surface area contributed by atoms with E-state index in [1.807, 2.05) is 20.0 Å². The van der Waals surface area contributed by atoms with Crippen molar-refractivity contribution in [1.29, 1.82) is 0 Å². The minimum absolute atomic E-state index is 0.301. The van der Waals surface area contributed by atoms with E-state index in [1.165, 1.54) is 4.88 Å². The lowest BCUT2D eigenvalue weighted by atomic mass is 10.2. The zero-order valence-corrected chi connectivity index (χ0v) is 12.6. The standard InChI is InChI=1S/C14H19N3OS/c1-10(2)17(8-12-6-5-7-19-12)14-13(9-18)11(3)15-16(14)4/h5-7,9-10H,8H2,1-4H3. The molecule has 2 aromatic rings. The number of aldehydes is 1. The highest BCUT2D eigenvalue weighted by Gasteiger charge is 2.21. The molecule has 0 amide bonds. The molecule has 0 spiro atoms. The van der Waals surface area contributed by atoms with Gasteiger partial charge in [0.2, 0.25) is 0 Å². The van der Waals surface area contributed by atoms with Crippen molar-refractivity contribution in [2.24, 2.45) is 7.05 Å². The SMILES string of the molecule is Cc1nn(C)c(N(Cc2cccs2)C(C)C)c1C=O. The normalized spacial score (nSPS) is 11.0. The molecular formula is C14H19N3OS. The minimum Gasteiger partial charge on any atom is -0.349 e. The number of aryl methyl sites for hydroxylation is 2. The van der Waals surface area contributed by atoms with Crippen LogP contribution >= 0.6 is 11.3 Å². The van der Waals surface area contributed by atoms with E-state index in [2.05, 4.69) is 35.3 Å². The van der Waals surface area contributed by atoms with Gasteiger partial charge in [0.1, 0.15) is 5.82 Å². The fourth-order valence-electron chi connectivity index (χ4n) is 2.21. The van der Waals surface area contributed by atoms with Gasteiger partial charge in [0.25, 0.3) is 0 Å². The lowest BCUT2D eigenvalue weighted by molar-refractivity contribution is 0.112. The number of carbonyl (C=O) groups is 1. The first-order chi connectivity index (χ1) is 9.04. The second kappa shape index (κ2) is 5.57. The van der Waals surface area contributed by atoms with Gasteiger partial charge in [0, 0.05) is 18.0 Å². The summed E-state index contributed by atoms with van der Waals surface area (Å²) in [6.07, 6.45) is 0.904. The first-order valence-electron chi connectivity index (χ1n) is 6.32. The van der Waals surface area contributed by atoms with Gasteiger partial charge < -0.3 is 4.90 Å². The Hall–Kier alpha value is -1.62. The number of hydrogen-bond acceptors (Lipinski definition) is 4. The maximum atomic E-state index is 11.3. The van der Waals surface area contributed by atoms with Crippen molar-refractivity contribution >= 4 is 23.4 Å². The second-order valence-electron chi connectivity index (χ2n) is 4.87. The number of carbonyl (C=O) groups excluding carboxylic acids is 1. The van der Waals surface area contributed by atoms with Crippen LogP contribution in [-0.4, -0.2) is 22.1 Å². The van der Waals surface area contributed by atoms with Gasteiger partial charge in [-0.15, -0.1) is 11.3 Å². The Morgan fingerprint density at radius 2 is 2.26 bits per heavy atom. The van der Waals surface area contributed by atoms with E-state index in [4.69, 9.17) is 0 Å². The van der Waals surface area contributed by atoms with Gasteiger partial charge in [0.05, 0.1) is 17.8 Å². The minimum atomic E-state index is 0.301. The fraction of sp³-hybridized carbons (Fsp3) is 0.429. The number of nitrogens with zero attached hydrogens (tertiary/aromatic N) is 3. The molecule has 0 aliphatic carbocycles. The van der Waals surface area contributed by atoms with Crippen LogP contribution in [0.25, 0.3) is 0 Å². The third-order valence-electron chi connectivity index (χ3n) is 3.16. The monoisotopic (exact) mass is 277 g/mol. The first-order valence-corrected chi connectivity index (χ1v) is 7.20. The molecule has 0 atom stereocenters. The van der Waals surface area contributed by atoms with Crippen molar-refractivity contribution in [3.05, 3.63) is 33.6 Å². The van der Waals surface area contributed by atoms with Crippen molar-refractivity contribution in [1.82, 2.24) is 9.78 Å². The molecule has 0 aromatic carbocycles. The highest BCUT2D eigenvalue weighted by molar-refractivity contribution is 7.09. The largest absolute Gasteiger partial charge is 0.349 e. The number of rotatable bonds is 5. The summed E-state index contributed by atoms with van der Waals surface area (Å²) >= 11 is 1.73. The van der Waals surface area contributed by atoms with E-state index in [0.29, 0.717) is 11.6 Å². The zero-order valence-electron chi connectivity index (χ0n) is 11.8. The van der Waals surface area contributed by atoms with Gasteiger partial charge in [-0.3, -0.25) is 9.48 Å². The Bertz CT molecular complexity index is 558. The Balaban J connectivity index is 2.42. The maximum Gasteiger partial charge on any atom is 0.155 e. The predicted octanol–water partition coefficient (Wildman–Crippen LogP) is 3.02. The summed E-state index contributed by atoms with van der Waals surface area (Å²) in [6, 6.07) is 4.47. The van der Waals surface area contributed by atoms with Gasteiger partial charge in [-0.1, -0.05) is 6.07 Å². The molecule has 0 saturated heterocycles. The summed E-state index contributed by atoms with van der Waals surface area (Å²) in [5, 5.41) is 6.43. The molecule has 2 heterocycles. The topological polar surface area (TPSA) is 38.1 Å². The van der Waals surface area contributed by atoms with Crippen LogP contribution in [0.2, 0.25) is 0 Å². The van der Waals surface area contributed by atoms with E-state index in [1.54, 1.807) is 16.0 Å². The quantitative estimate of drug-likeness (QED) is 0.788. The Morgan fingerprint density at radius 3 is 2.79 bits per heavy atom. The Labute approximate surface area is 117 Å². The van der Waals surface area contributed by atoms with Crippen LogP contribution in [0.5, 0.6) is 0 Å². The van der Waals surface area contributed by atoms with Crippen molar-refractivity contribution < 1.29 is 4.79 Å². The molecule has 2 aromatic heterocycles. The average molecular weight is 277 g/mol. The van der Waals surface area contributed by atoms with Gasteiger partial charge >= 0.3 is 0 Å². The van der Waals surface area contributed by atoms with Crippen LogP contribution < -0.4 is 4.90 Å². The van der Waals surface area contributed by atoms with Crippen molar-refractivity contribution in [2.75, 3.05) is 4.90 Å². The zero-order chi connectivity index (χ0) is 14.0. The molecule has 2 rings (SSSR count). The molecule has 4 nitrogen and oxygen atoms in total. The maximum absolute atomic E-state index is 11.3. The summed E-state index contributed by atoms with van der Waals surface area (Å²) < 4.78 is 1.80. The van der Waals surface area contributed by atoms with Crippen LogP contribution in [0.4, 0.5) is 5.82 Å². The second-order valence-corrected chi connectivity index (χ2v) is 5.90. The Morgan fingerprint density at radius 1 is 1.53 bits per heavy atom. The van der Waals surface area contributed by atoms with Crippen molar-refractivity contribution in [3.8, 4) is 0 Å². The number of thiophene rings is 1. The predicted molar refractivity (Wildman–Crippen MR) is 79.0 cm³/mol. The van der Waals surface area contributed by atoms with Crippen LogP contribution in [0, 0.1) is 6.92 Å². The summed E-state index contributed by atoms with van der Waals surface area (Å²) in [7, 11) is 1.89. The molecule has 0 radical (unpaired) electrons. The molecule has 0 N–H and O–H groups in total. The summed E-state index contributed by atoms with van der Waals surface area (Å²) in [5.41, 5.74) is 1.47. The first kappa shape index (κ1) is 13.8. The smallest absolute Gasteiger partial charge is 0.155 e. The Kier molecular flexibility index (Phi) is 4.04. The van der Waals surface area contributed by atoms with E-state index >= 15 is 0 Å². The highest BCUT2D eigenvalue weighted by atomic mass is 32.1. The molecule has 19 heavy (non-hydrogen) atoms. The number of anilines is 1. The van der Waals surface area contributed by atoms with Gasteiger partial charge in [-0.25, -0.2) is 0 Å². The molecule has 0 unspecified atom stereocenters. The van der Waals surface area contributed by atoms with E-state index < -0.39 is 0 Å². The van der Waals surface area contributed by atoms with Crippen molar-refractivity contribution in [2.45, 2.75) is 33.4 Å². The lowest BCUT2D eigenvalue weighted by Crippen LogP contribution is -2.32. The third kappa shape index (κ3) is 2.71. The summed E-state index contributed by atoms with van der Waals surface area (Å²) in [5.74, 6) is 0.899. The van der Waals surface area contributed by atoms with Crippen LogP contribution in [-0.2, 0) is 13.6 Å². The fourth-order valence-corrected chi connectivity index (χ4v) is 2.92. The molecular weight excluding hydrogens is 258 g/mol. The van der Waals surface area contributed by atoms with Crippen LogP contribution in [0.15, 0.2) is 17.5 Å². The lowest BCUT2D eigenvalue weighted by Gasteiger charge is -2.28. The highest BCUT2D eigenvalue weighted by Crippen LogP contribution is 2.26. The number of aromatic nitrogens is 2. The van der Waals surface area contributed by atoms with E-state index in [-0.39, 0.29) is 0 Å².